The molecular weight excluding hydrogens is 218 g/mol. The minimum Gasteiger partial charge on any atom is -0.314 e. The number of nitrogens with one attached hydrogen (secondary N) is 1. The van der Waals surface area contributed by atoms with Gasteiger partial charge in [-0.05, 0) is 48.8 Å². The summed E-state index contributed by atoms with van der Waals surface area (Å²) in [6.45, 7) is 8.03. The summed E-state index contributed by atoms with van der Waals surface area (Å²) in [5.41, 5.74) is 3.18. The first-order chi connectivity index (χ1) is 8.55. The second kappa shape index (κ2) is 5.88. The molecule has 1 aromatic rings. The molecule has 1 unspecified atom stereocenters. The summed E-state index contributed by atoms with van der Waals surface area (Å²) in [7, 11) is 0. The van der Waals surface area contributed by atoms with Crippen LogP contribution in [0.25, 0.3) is 0 Å². The molecule has 0 amide bonds. The van der Waals surface area contributed by atoms with E-state index in [2.05, 4.69) is 50.4 Å². The number of piperidine rings is 1. The molecule has 1 atom stereocenters. The third-order valence-corrected chi connectivity index (χ3v) is 4.01. The Bertz CT molecular complexity index is 352. The van der Waals surface area contributed by atoms with Gasteiger partial charge in [0.2, 0.25) is 0 Å². The summed E-state index contributed by atoms with van der Waals surface area (Å²) in [6, 6.07) is 9.96. The van der Waals surface area contributed by atoms with E-state index >= 15 is 0 Å². The van der Waals surface area contributed by atoms with Crippen molar-refractivity contribution < 1.29 is 0 Å². The van der Waals surface area contributed by atoms with Crippen molar-refractivity contribution in [2.75, 3.05) is 6.54 Å². The predicted octanol–water partition coefficient (Wildman–Crippen LogP) is 4.06. The van der Waals surface area contributed by atoms with Gasteiger partial charge in [-0.1, -0.05) is 51.5 Å². The largest absolute Gasteiger partial charge is 0.314 e. The van der Waals surface area contributed by atoms with E-state index in [0.717, 1.165) is 6.04 Å². The van der Waals surface area contributed by atoms with Gasteiger partial charge in [-0.2, -0.15) is 0 Å². The number of aryl methyl sites for hydroxylation is 1. The van der Waals surface area contributed by atoms with Gasteiger partial charge in [0.25, 0.3) is 0 Å². The third kappa shape index (κ3) is 3.84. The average molecular weight is 245 g/mol. The van der Waals surface area contributed by atoms with Crippen LogP contribution in [0, 0.1) is 0 Å². The van der Waals surface area contributed by atoms with Gasteiger partial charge in [0.15, 0.2) is 0 Å². The molecular formula is C17H27N. The Kier molecular flexibility index (Phi) is 4.45. The van der Waals surface area contributed by atoms with Crippen LogP contribution in [-0.4, -0.2) is 12.6 Å². The van der Waals surface area contributed by atoms with E-state index in [1.807, 2.05) is 0 Å². The molecule has 2 rings (SSSR count). The highest BCUT2D eigenvalue weighted by atomic mass is 14.9. The molecule has 0 bridgehead atoms. The van der Waals surface area contributed by atoms with E-state index in [9.17, 15) is 0 Å². The van der Waals surface area contributed by atoms with Crippen molar-refractivity contribution in [3.05, 3.63) is 35.4 Å². The smallest absolute Gasteiger partial charge is 0.00702 e. The maximum Gasteiger partial charge on any atom is 0.00702 e. The summed E-state index contributed by atoms with van der Waals surface area (Å²) in [5, 5.41) is 3.62. The fourth-order valence-corrected chi connectivity index (χ4v) is 2.68. The van der Waals surface area contributed by atoms with Gasteiger partial charge in [0.1, 0.15) is 0 Å². The molecule has 0 saturated carbocycles. The normalized spacial score (nSPS) is 20.9. The van der Waals surface area contributed by atoms with Gasteiger partial charge in [-0.25, -0.2) is 0 Å². The minimum atomic E-state index is 0.267. The number of hydrogen-bond acceptors (Lipinski definition) is 1. The van der Waals surface area contributed by atoms with Crippen LogP contribution < -0.4 is 5.32 Å². The molecule has 100 valence electrons. The number of benzene rings is 1. The zero-order valence-corrected chi connectivity index (χ0v) is 12.1. The van der Waals surface area contributed by atoms with Gasteiger partial charge in [0, 0.05) is 6.04 Å². The summed E-state index contributed by atoms with van der Waals surface area (Å²) < 4.78 is 0. The van der Waals surface area contributed by atoms with E-state index in [4.69, 9.17) is 0 Å². The molecule has 1 aromatic carbocycles. The van der Waals surface area contributed by atoms with Crippen LogP contribution in [-0.2, 0) is 11.8 Å². The van der Waals surface area contributed by atoms with Crippen molar-refractivity contribution in [3.63, 3.8) is 0 Å². The highest BCUT2D eigenvalue weighted by Crippen LogP contribution is 2.22. The SMILES string of the molecule is CC(C)(C)c1ccc(CCC2CCCCN2)cc1. The van der Waals surface area contributed by atoms with Crippen LogP contribution in [0.4, 0.5) is 0 Å². The molecule has 1 N–H and O–H groups in total. The van der Waals surface area contributed by atoms with Crippen molar-refractivity contribution in [2.45, 2.75) is 64.3 Å². The van der Waals surface area contributed by atoms with Crippen LogP contribution in [0.15, 0.2) is 24.3 Å². The Morgan fingerprint density at radius 1 is 1.11 bits per heavy atom. The monoisotopic (exact) mass is 245 g/mol. The quantitative estimate of drug-likeness (QED) is 0.847. The molecule has 1 saturated heterocycles. The minimum absolute atomic E-state index is 0.267. The first-order valence-corrected chi connectivity index (χ1v) is 7.38. The molecule has 0 aliphatic carbocycles. The third-order valence-electron chi connectivity index (χ3n) is 4.01. The van der Waals surface area contributed by atoms with Crippen molar-refractivity contribution in [1.29, 1.82) is 0 Å². The predicted molar refractivity (Wildman–Crippen MR) is 79.1 cm³/mol. The van der Waals surface area contributed by atoms with Crippen molar-refractivity contribution in [1.82, 2.24) is 5.32 Å². The number of rotatable bonds is 3. The first kappa shape index (κ1) is 13.6. The van der Waals surface area contributed by atoms with Gasteiger partial charge >= 0.3 is 0 Å². The lowest BCUT2D eigenvalue weighted by molar-refractivity contribution is 0.383. The Morgan fingerprint density at radius 3 is 2.39 bits per heavy atom. The average Bonchev–Trinajstić information content (AvgIpc) is 2.37. The summed E-state index contributed by atoms with van der Waals surface area (Å²) >= 11 is 0. The molecule has 1 nitrogen and oxygen atoms in total. The van der Waals surface area contributed by atoms with E-state index in [1.54, 1.807) is 0 Å². The first-order valence-electron chi connectivity index (χ1n) is 7.38. The highest BCUT2D eigenvalue weighted by molar-refractivity contribution is 5.27. The molecule has 0 spiro atoms. The molecule has 1 fully saturated rings. The van der Waals surface area contributed by atoms with E-state index in [0.29, 0.717) is 0 Å². The van der Waals surface area contributed by atoms with Crippen LogP contribution in [0.5, 0.6) is 0 Å². The van der Waals surface area contributed by atoms with Gasteiger partial charge in [-0.15, -0.1) is 0 Å². The molecule has 0 radical (unpaired) electrons. The topological polar surface area (TPSA) is 12.0 Å². The Balaban J connectivity index is 1.86. The maximum atomic E-state index is 3.62. The summed E-state index contributed by atoms with van der Waals surface area (Å²) in [5.74, 6) is 0. The lowest BCUT2D eigenvalue weighted by Gasteiger charge is -2.23. The lowest BCUT2D eigenvalue weighted by atomic mass is 9.86. The molecule has 1 aliphatic heterocycles. The van der Waals surface area contributed by atoms with Gasteiger partial charge in [-0.3, -0.25) is 0 Å². The molecule has 1 aliphatic rings. The van der Waals surface area contributed by atoms with E-state index < -0.39 is 0 Å². The van der Waals surface area contributed by atoms with Gasteiger partial charge in [0.05, 0.1) is 0 Å². The van der Waals surface area contributed by atoms with Crippen LogP contribution in [0.1, 0.15) is 57.6 Å². The second-order valence-corrected chi connectivity index (χ2v) is 6.63. The van der Waals surface area contributed by atoms with Crippen molar-refractivity contribution in [3.8, 4) is 0 Å². The molecule has 0 aromatic heterocycles. The summed E-state index contributed by atoms with van der Waals surface area (Å²) in [6.07, 6.45) is 6.62. The molecule has 1 heterocycles. The van der Waals surface area contributed by atoms with Crippen molar-refractivity contribution in [2.24, 2.45) is 0 Å². The highest BCUT2D eigenvalue weighted by Gasteiger charge is 2.14. The van der Waals surface area contributed by atoms with Crippen LogP contribution >= 0.6 is 0 Å². The fraction of sp³-hybridized carbons (Fsp3) is 0.647. The van der Waals surface area contributed by atoms with Gasteiger partial charge < -0.3 is 5.32 Å². The Labute approximate surface area is 112 Å². The second-order valence-electron chi connectivity index (χ2n) is 6.63. The zero-order valence-electron chi connectivity index (χ0n) is 12.1. The number of hydrogen-bond donors (Lipinski definition) is 1. The van der Waals surface area contributed by atoms with E-state index in [-0.39, 0.29) is 5.41 Å². The van der Waals surface area contributed by atoms with E-state index in [1.165, 1.54) is 49.8 Å². The van der Waals surface area contributed by atoms with Crippen LogP contribution in [0.3, 0.4) is 0 Å². The molecule has 18 heavy (non-hydrogen) atoms. The summed E-state index contributed by atoms with van der Waals surface area (Å²) in [4.78, 5) is 0. The lowest BCUT2D eigenvalue weighted by Crippen LogP contribution is -2.34. The van der Waals surface area contributed by atoms with Crippen LogP contribution in [0.2, 0.25) is 0 Å². The Morgan fingerprint density at radius 2 is 1.83 bits per heavy atom. The maximum absolute atomic E-state index is 3.62. The fourth-order valence-electron chi connectivity index (χ4n) is 2.68. The standard InChI is InChI=1S/C17H27N/c1-17(2,3)15-10-7-14(8-11-15)9-12-16-6-4-5-13-18-16/h7-8,10-11,16,18H,4-6,9,12-13H2,1-3H3. The van der Waals surface area contributed by atoms with Crippen molar-refractivity contribution >= 4 is 0 Å². The zero-order chi connectivity index (χ0) is 13.0. The molecule has 1 heteroatoms. The Hall–Kier alpha value is -0.820.